The number of hydrogen-bond acceptors (Lipinski definition) is 7. The first-order valence-corrected chi connectivity index (χ1v) is 9.38. The molecule has 152 valence electrons. The van der Waals surface area contributed by atoms with Gasteiger partial charge >= 0.3 is 6.03 Å². The van der Waals surface area contributed by atoms with E-state index < -0.39 is 12.1 Å². The molecule has 1 aromatic heterocycles. The zero-order valence-corrected chi connectivity index (χ0v) is 15.9. The zero-order chi connectivity index (χ0) is 20.9. The summed E-state index contributed by atoms with van der Waals surface area (Å²) in [5.74, 6) is 0.577. The Hall–Kier alpha value is -3.98. The van der Waals surface area contributed by atoms with Crippen LogP contribution < -0.4 is 20.9 Å². The van der Waals surface area contributed by atoms with Crippen molar-refractivity contribution in [1.82, 2.24) is 15.3 Å². The van der Waals surface area contributed by atoms with Crippen LogP contribution in [-0.4, -0.2) is 40.1 Å². The topological polar surface area (TPSA) is 119 Å². The number of hydrogen-bond donors (Lipinski definition) is 4. The van der Waals surface area contributed by atoms with E-state index in [1.54, 1.807) is 36.5 Å². The minimum Gasteiger partial charge on any atom is -0.387 e. The molecule has 1 atom stereocenters. The van der Waals surface area contributed by atoms with E-state index in [0.717, 1.165) is 10.5 Å². The van der Waals surface area contributed by atoms with Crippen LogP contribution in [-0.2, 0) is 4.79 Å². The maximum atomic E-state index is 11.9. The number of urea groups is 1. The summed E-state index contributed by atoms with van der Waals surface area (Å²) in [6.07, 6.45) is 0.923. The van der Waals surface area contributed by atoms with E-state index in [1.165, 1.54) is 0 Å². The first kappa shape index (κ1) is 19.3. The number of nitrogens with one attached hydrogen (secondary N) is 3. The number of rotatable bonds is 7. The SMILES string of the molecule is O=C1CNC(=O)N1c1cccc(Nc2nccc(NCC(O)c3ccccc3)n2)c1. The Kier molecular flexibility index (Phi) is 5.53. The number of aliphatic hydroxyl groups excluding tert-OH is 1. The Labute approximate surface area is 172 Å². The van der Waals surface area contributed by atoms with Crippen LogP contribution in [0, 0.1) is 0 Å². The Balaban J connectivity index is 1.43. The highest BCUT2D eigenvalue weighted by atomic mass is 16.3. The first-order valence-electron chi connectivity index (χ1n) is 9.38. The van der Waals surface area contributed by atoms with E-state index in [4.69, 9.17) is 0 Å². The van der Waals surface area contributed by atoms with Crippen LogP contribution in [0.5, 0.6) is 0 Å². The number of amides is 3. The zero-order valence-electron chi connectivity index (χ0n) is 15.9. The van der Waals surface area contributed by atoms with Crippen LogP contribution in [0.1, 0.15) is 11.7 Å². The minimum atomic E-state index is -0.668. The molecule has 9 heteroatoms. The van der Waals surface area contributed by atoms with Crippen molar-refractivity contribution in [3.8, 4) is 0 Å². The molecule has 1 aliphatic rings. The standard InChI is InChI=1S/C21H20N6O3/c28-17(14-5-2-1-3-6-14)12-23-18-9-10-22-20(26-18)25-15-7-4-8-16(11-15)27-19(29)13-24-21(27)30/h1-11,17,28H,12-13H2,(H,24,30)(H2,22,23,25,26). The van der Waals surface area contributed by atoms with Crippen LogP contribution in [0.2, 0.25) is 0 Å². The molecule has 1 unspecified atom stereocenters. The van der Waals surface area contributed by atoms with Gasteiger partial charge in [0, 0.05) is 18.4 Å². The lowest BCUT2D eigenvalue weighted by molar-refractivity contribution is -0.115. The van der Waals surface area contributed by atoms with Crippen molar-refractivity contribution in [3.05, 3.63) is 72.4 Å². The molecule has 0 radical (unpaired) electrons. The van der Waals surface area contributed by atoms with Gasteiger partial charge in [0.05, 0.1) is 18.3 Å². The summed E-state index contributed by atoms with van der Waals surface area (Å²) >= 11 is 0. The second-order valence-electron chi connectivity index (χ2n) is 6.64. The number of benzene rings is 2. The molecular weight excluding hydrogens is 384 g/mol. The molecule has 1 fully saturated rings. The Morgan fingerprint density at radius 3 is 2.70 bits per heavy atom. The third-order valence-electron chi connectivity index (χ3n) is 4.52. The van der Waals surface area contributed by atoms with Gasteiger partial charge in [-0.05, 0) is 29.8 Å². The fourth-order valence-electron chi connectivity index (χ4n) is 3.05. The predicted molar refractivity (Wildman–Crippen MR) is 113 cm³/mol. The fourth-order valence-corrected chi connectivity index (χ4v) is 3.05. The molecule has 0 bridgehead atoms. The number of nitrogens with zero attached hydrogens (tertiary/aromatic N) is 3. The van der Waals surface area contributed by atoms with E-state index in [1.807, 2.05) is 30.3 Å². The molecule has 3 aromatic rings. The Bertz CT molecular complexity index is 1040. The summed E-state index contributed by atoms with van der Waals surface area (Å²) in [5.41, 5.74) is 1.90. The molecule has 0 aliphatic carbocycles. The number of carbonyl (C=O) groups excluding carboxylic acids is 2. The fraction of sp³-hybridized carbons (Fsp3) is 0.143. The Morgan fingerprint density at radius 1 is 1.10 bits per heavy atom. The number of imide groups is 1. The predicted octanol–water partition coefficient (Wildman–Crippen LogP) is 2.42. The van der Waals surface area contributed by atoms with E-state index in [-0.39, 0.29) is 12.5 Å². The van der Waals surface area contributed by atoms with Gasteiger partial charge in [0.1, 0.15) is 5.82 Å². The van der Waals surface area contributed by atoms with E-state index in [2.05, 4.69) is 25.9 Å². The van der Waals surface area contributed by atoms with Gasteiger partial charge in [-0.1, -0.05) is 36.4 Å². The van der Waals surface area contributed by atoms with E-state index in [9.17, 15) is 14.7 Å². The van der Waals surface area contributed by atoms with Gasteiger partial charge in [-0.2, -0.15) is 4.98 Å². The van der Waals surface area contributed by atoms with Crippen molar-refractivity contribution < 1.29 is 14.7 Å². The summed E-state index contributed by atoms with van der Waals surface area (Å²) < 4.78 is 0. The maximum Gasteiger partial charge on any atom is 0.329 e. The van der Waals surface area contributed by atoms with Crippen molar-refractivity contribution in [2.45, 2.75) is 6.10 Å². The molecule has 30 heavy (non-hydrogen) atoms. The molecule has 0 saturated carbocycles. The number of carbonyl (C=O) groups is 2. The smallest absolute Gasteiger partial charge is 0.329 e. The second kappa shape index (κ2) is 8.58. The lowest BCUT2D eigenvalue weighted by atomic mass is 10.1. The van der Waals surface area contributed by atoms with Gasteiger partial charge < -0.3 is 21.1 Å². The van der Waals surface area contributed by atoms with Crippen LogP contribution in [0.4, 0.5) is 27.9 Å². The lowest BCUT2D eigenvalue weighted by Gasteiger charge is -2.15. The average molecular weight is 404 g/mol. The van der Waals surface area contributed by atoms with E-state index >= 15 is 0 Å². The third-order valence-corrected chi connectivity index (χ3v) is 4.52. The van der Waals surface area contributed by atoms with Crippen molar-refractivity contribution in [2.24, 2.45) is 0 Å². The largest absolute Gasteiger partial charge is 0.387 e. The monoisotopic (exact) mass is 404 g/mol. The van der Waals surface area contributed by atoms with Gasteiger partial charge in [-0.25, -0.2) is 14.7 Å². The van der Waals surface area contributed by atoms with Crippen molar-refractivity contribution in [3.63, 3.8) is 0 Å². The van der Waals surface area contributed by atoms with Crippen LogP contribution >= 0.6 is 0 Å². The van der Waals surface area contributed by atoms with Crippen LogP contribution in [0.3, 0.4) is 0 Å². The van der Waals surface area contributed by atoms with Crippen molar-refractivity contribution in [2.75, 3.05) is 28.6 Å². The second-order valence-corrected chi connectivity index (χ2v) is 6.64. The van der Waals surface area contributed by atoms with Crippen molar-refractivity contribution in [1.29, 1.82) is 0 Å². The lowest BCUT2D eigenvalue weighted by Crippen LogP contribution is -2.30. The maximum absolute atomic E-state index is 11.9. The molecule has 4 rings (SSSR count). The molecular formula is C21H20N6O3. The van der Waals surface area contributed by atoms with Crippen LogP contribution in [0.15, 0.2) is 66.9 Å². The molecule has 3 amide bonds. The highest BCUT2D eigenvalue weighted by Crippen LogP contribution is 2.23. The summed E-state index contributed by atoms with van der Waals surface area (Å²) in [6, 6.07) is 17.5. The highest BCUT2D eigenvalue weighted by Gasteiger charge is 2.29. The molecule has 4 N–H and O–H groups in total. The number of anilines is 4. The summed E-state index contributed by atoms with van der Waals surface area (Å²) in [6.45, 7) is 0.282. The number of aliphatic hydroxyl groups is 1. The molecule has 1 saturated heterocycles. The van der Waals surface area contributed by atoms with Gasteiger partial charge in [-0.15, -0.1) is 0 Å². The Morgan fingerprint density at radius 2 is 1.93 bits per heavy atom. The number of aromatic nitrogens is 2. The van der Waals surface area contributed by atoms with Gasteiger partial charge in [0.2, 0.25) is 5.95 Å². The summed E-state index contributed by atoms with van der Waals surface area (Å²) in [5, 5.41) is 18.9. The molecule has 0 spiro atoms. The van der Waals surface area contributed by atoms with Crippen LogP contribution in [0.25, 0.3) is 0 Å². The van der Waals surface area contributed by atoms with Crippen molar-refractivity contribution >= 4 is 35.1 Å². The quantitative estimate of drug-likeness (QED) is 0.447. The summed E-state index contributed by atoms with van der Waals surface area (Å²) in [7, 11) is 0. The molecule has 2 aromatic carbocycles. The summed E-state index contributed by atoms with van der Waals surface area (Å²) in [4.78, 5) is 33.4. The van der Waals surface area contributed by atoms with Gasteiger partial charge in [0.15, 0.2) is 0 Å². The third kappa shape index (κ3) is 4.36. The normalized spacial score (nSPS) is 14.4. The molecule has 9 nitrogen and oxygen atoms in total. The molecule has 2 heterocycles. The van der Waals surface area contributed by atoms with E-state index in [0.29, 0.717) is 29.7 Å². The highest BCUT2D eigenvalue weighted by molar-refractivity contribution is 6.19. The average Bonchev–Trinajstić information content (AvgIpc) is 3.11. The van der Waals surface area contributed by atoms with Gasteiger partial charge in [0.25, 0.3) is 5.91 Å². The molecule has 1 aliphatic heterocycles. The first-order chi connectivity index (χ1) is 14.6. The minimum absolute atomic E-state index is 0.0118. The van der Waals surface area contributed by atoms with Gasteiger partial charge in [-0.3, -0.25) is 4.79 Å².